The minimum atomic E-state index is 0. The van der Waals surface area contributed by atoms with Crippen molar-refractivity contribution in [3.63, 3.8) is 0 Å². The largest absolute Gasteiger partial charge is 1.00 e. The average Bonchev–Trinajstić information content (AvgIpc) is 1.97. The smallest absolute Gasteiger partial charge is 0.183 e. The van der Waals surface area contributed by atoms with Crippen molar-refractivity contribution in [3.8, 4) is 0 Å². The molecule has 0 fully saturated rings. The molecular weight excluding hydrogens is 242 g/mol. The quantitative estimate of drug-likeness (QED) is 0.433. The van der Waals surface area contributed by atoms with Gasteiger partial charge in [-0.15, -0.1) is 6.58 Å². The van der Waals surface area contributed by atoms with E-state index >= 15 is 0 Å². The van der Waals surface area contributed by atoms with E-state index in [1.54, 1.807) is 6.92 Å². The van der Waals surface area contributed by atoms with Crippen molar-refractivity contribution in [2.75, 3.05) is 20.6 Å². The Labute approximate surface area is 97.7 Å². The molecule has 0 heterocycles. The lowest BCUT2D eigenvalue weighted by Crippen LogP contribution is -3.00. The molecule has 2 nitrogen and oxygen atoms in total. The molecule has 0 aliphatic heterocycles. The Kier molecular flexibility index (Phi) is 7.97. The van der Waals surface area contributed by atoms with Gasteiger partial charge in [-0.05, 0) is 6.08 Å². The monoisotopic (exact) mass is 261 g/mol. The Morgan fingerprint density at radius 1 is 1.43 bits per heavy atom. The summed E-state index contributed by atoms with van der Waals surface area (Å²) in [5.41, 5.74) is 0. The third-order valence-corrected chi connectivity index (χ3v) is 2.21. The average molecular weight is 262 g/mol. The molecule has 0 spiro atoms. The van der Waals surface area contributed by atoms with Crippen LogP contribution in [0, 0.1) is 0 Å². The van der Waals surface area contributed by atoms with Gasteiger partial charge in [-0.3, -0.25) is 4.79 Å². The predicted molar refractivity (Wildman–Crippen MR) is 56.5 cm³/mol. The predicted octanol–water partition coefficient (Wildman–Crippen LogP) is -1.21. The van der Waals surface area contributed by atoms with E-state index in [0.717, 1.165) is 6.42 Å². The standard InChI is InChI=1S/C11H20NO.BrH/c1-6-8-11(7-2)12(4,5)9-10(3)13;/h6-7,11H,1-2,8-9H2,3-5H3;1H/q+1;/p-1. The van der Waals surface area contributed by atoms with Crippen LogP contribution in [0.2, 0.25) is 0 Å². The number of hydrogen-bond donors (Lipinski definition) is 0. The van der Waals surface area contributed by atoms with Crippen LogP contribution in [0.5, 0.6) is 0 Å². The minimum Gasteiger partial charge on any atom is -1.00 e. The van der Waals surface area contributed by atoms with Gasteiger partial charge in [0.1, 0.15) is 12.6 Å². The maximum Gasteiger partial charge on any atom is 0.183 e. The summed E-state index contributed by atoms with van der Waals surface area (Å²) in [7, 11) is 4.08. The van der Waals surface area contributed by atoms with Gasteiger partial charge in [0, 0.05) is 13.3 Å². The highest BCUT2D eigenvalue weighted by Crippen LogP contribution is 2.12. The fourth-order valence-electron chi connectivity index (χ4n) is 1.53. The Bertz CT molecular complexity index is 211. The summed E-state index contributed by atoms with van der Waals surface area (Å²) in [6.45, 7) is 9.64. The third kappa shape index (κ3) is 5.35. The first-order valence-electron chi connectivity index (χ1n) is 4.49. The summed E-state index contributed by atoms with van der Waals surface area (Å²) in [4.78, 5) is 11.0. The molecule has 3 heteroatoms. The lowest BCUT2D eigenvalue weighted by Gasteiger charge is -2.35. The SMILES string of the molecule is C=CCC(C=C)[N+](C)(C)CC(C)=O.[Br-]. The van der Waals surface area contributed by atoms with E-state index in [-0.39, 0.29) is 28.8 Å². The Morgan fingerprint density at radius 2 is 1.93 bits per heavy atom. The van der Waals surface area contributed by atoms with Crippen molar-refractivity contribution in [2.45, 2.75) is 19.4 Å². The molecule has 0 N–H and O–H groups in total. The molecule has 0 aromatic heterocycles. The molecule has 0 rings (SSSR count). The molecule has 1 unspecified atom stereocenters. The van der Waals surface area contributed by atoms with Gasteiger partial charge >= 0.3 is 0 Å². The van der Waals surface area contributed by atoms with Gasteiger partial charge in [-0.1, -0.05) is 12.7 Å². The van der Waals surface area contributed by atoms with Crippen LogP contribution in [0.4, 0.5) is 0 Å². The van der Waals surface area contributed by atoms with Crippen LogP contribution in [-0.4, -0.2) is 36.9 Å². The summed E-state index contributed by atoms with van der Waals surface area (Å²) in [5, 5.41) is 0. The molecule has 0 bridgehead atoms. The topological polar surface area (TPSA) is 17.1 Å². The van der Waals surface area contributed by atoms with E-state index in [1.807, 2.05) is 26.2 Å². The molecule has 0 aromatic rings. The number of likely N-dealkylation sites (N-methyl/N-ethyl adjacent to an activating group) is 1. The fraction of sp³-hybridized carbons (Fsp3) is 0.545. The van der Waals surface area contributed by atoms with Crippen molar-refractivity contribution in [2.24, 2.45) is 0 Å². The first-order chi connectivity index (χ1) is 5.94. The highest BCUT2D eigenvalue weighted by Gasteiger charge is 2.25. The van der Waals surface area contributed by atoms with Gasteiger partial charge in [0.05, 0.1) is 14.1 Å². The van der Waals surface area contributed by atoms with Gasteiger partial charge in [0.25, 0.3) is 0 Å². The van der Waals surface area contributed by atoms with Gasteiger partial charge in [-0.25, -0.2) is 0 Å². The molecule has 1 atom stereocenters. The van der Waals surface area contributed by atoms with E-state index in [9.17, 15) is 4.79 Å². The summed E-state index contributed by atoms with van der Waals surface area (Å²) in [5.74, 6) is 0.209. The molecule has 0 saturated carbocycles. The van der Waals surface area contributed by atoms with Crippen LogP contribution < -0.4 is 17.0 Å². The second-order valence-corrected chi connectivity index (χ2v) is 3.97. The van der Waals surface area contributed by atoms with E-state index in [1.165, 1.54) is 0 Å². The van der Waals surface area contributed by atoms with Crippen LogP contribution in [-0.2, 0) is 4.79 Å². The lowest BCUT2D eigenvalue weighted by atomic mass is 10.1. The highest BCUT2D eigenvalue weighted by atomic mass is 79.9. The van der Waals surface area contributed by atoms with Gasteiger partial charge in [0.15, 0.2) is 5.78 Å². The van der Waals surface area contributed by atoms with Gasteiger partial charge in [-0.2, -0.15) is 0 Å². The van der Waals surface area contributed by atoms with E-state index in [2.05, 4.69) is 13.2 Å². The number of Topliss-reactive ketones (excluding diaryl/α,β-unsaturated/α-hetero) is 1. The Hall–Kier alpha value is -0.410. The van der Waals surface area contributed by atoms with Gasteiger partial charge in [0.2, 0.25) is 0 Å². The molecule has 0 aliphatic carbocycles. The van der Waals surface area contributed by atoms with E-state index in [0.29, 0.717) is 11.0 Å². The summed E-state index contributed by atoms with van der Waals surface area (Å²) in [6, 6.07) is 0.279. The lowest BCUT2D eigenvalue weighted by molar-refractivity contribution is -0.900. The Balaban J connectivity index is 0. The van der Waals surface area contributed by atoms with Crippen LogP contribution in [0.3, 0.4) is 0 Å². The van der Waals surface area contributed by atoms with E-state index < -0.39 is 0 Å². The summed E-state index contributed by atoms with van der Waals surface area (Å²) >= 11 is 0. The summed E-state index contributed by atoms with van der Waals surface area (Å²) in [6.07, 6.45) is 4.63. The van der Waals surface area contributed by atoms with Crippen molar-refractivity contribution in [3.05, 3.63) is 25.3 Å². The molecule has 0 saturated heterocycles. The normalized spacial score (nSPS) is 12.5. The first-order valence-corrected chi connectivity index (χ1v) is 4.49. The maximum absolute atomic E-state index is 11.0. The molecule has 82 valence electrons. The zero-order chi connectivity index (χ0) is 10.5. The summed E-state index contributed by atoms with van der Waals surface area (Å²) < 4.78 is 0.658. The molecule has 14 heavy (non-hydrogen) atoms. The second-order valence-electron chi connectivity index (χ2n) is 3.97. The number of ketones is 1. The van der Waals surface area contributed by atoms with Crippen molar-refractivity contribution in [1.29, 1.82) is 0 Å². The van der Waals surface area contributed by atoms with Crippen molar-refractivity contribution < 1.29 is 26.3 Å². The van der Waals surface area contributed by atoms with Crippen LogP contribution >= 0.6 is 0 Å². The number of halogens is 1. The fourth-order valence-corrected chi connectivity index (χ4v) is 1.53. The van der Waals surface area contributed by atoms with Crippen LogP contribution in [0.15, 0.2) is 25.3 Å². The third-order valence-electron chi connectivity index (χ3n) is 2.21. The number of carbonyl (C=O) groups excluding carboxylic acids is 1. The number of carbonyl (C=O) groups is 1. The number of hydrogen-bond acceptors (Lipinski definition) is 1. The highest BCUT2D eigenvalue weighted by molar-refractivity contribution is 5.76. The van der Waals surface area contributed by atoms with Crippen molar-refractivity contribution in [1.82, 2.24) is 0 Å². The zero-order valence-corrected chi connectivity index (χ0v) is 10.9. The van der Waals surface area contributed by atoms with Crippen LogP contribution in [0.25, 0.3) is 0 Å². The zero-order valence-electron chi connectivity index (χ0n) is 9.29. The number of rotatable bonds is 6. The molecule has 0 aliphatic rings. The maximum atomic E-state index is 11.0. The molecule has 0 radical (unpaired) electrons. The van der Waals surface area contributed by atoms with Gasteiger partial charge < -0.3 is 21.5 Å². The minimum absolute atomic E-state index is 0. The molecular formula is C11H20BrNO. The van der Waals surface area contributed by atoms with Crippen molar-refractivity contribution >= 4 is 5.78 Å². The molecule has 0 aromatic carbocycles. The first kappa shape index (κ1) is 16.0. The van der Waals surface area contributed by atoms with Crippen LogP contribution in [0.1, 0.15) is 13.3 Å². The second kappa shape index (κ2) is 6.96. The van der Waals surface area contributed by atoms with E-state index in [4.69, 9.17) is 0 Å². The number of quaternary nitrogens is 1. The molecule has 0 amide bonds. The number of nitrogens with zero attached hydrogens (tertiary/aromatic N) is 1. The Morgan fingerprint density at radius 3 is 2.21 bits per heavy atom.